The number of rotatable bonds is 6. The molecule has 0 radical (unpaired) electrons. The lowest BCUT2D eigenvalue weighted by Crippen LogP contribution is -2.50. The molecule has 0 amide bonds. The smallest absolute Gasteiger partial charge is 0.214 e. The monoisotopic (exact) mass is 300 g/mol. The van der Waals surface area contributed by atoms with Crippen LogP contribution in [0.3, 0.4) is 0 Å². The van der Waals surface area contributed by atoms with Crippen molar-refractivity contribution in [2.45, 2.75) is 69.9 Å². The third kappa shape index (κ3) is 3.55. The van der Waals surface area contributed by atoms with Gasteiger partial charge in [-0.05, 0) is 57.4 Å². The van der Waals surface area contributed by atoms with Crippen LogP contribution < -0.4 is 5.32 Å². The average molecular weight is 300 g/mol. The molecule has 3 fully saturated rings. The van der Waals surface area contributed by atoms with Gasteiger partial charge in [0.2, 0.25) is 10.0 Å². The molecule has 0 aromatic heterocycles. The Morgan fingerprint density at radius 1 is 1.00 bits per heavy atom. The van der Waals surface area contributed by atoms with Crippen molar-refractivity contribution >= 4 is 10.0 Å². The van der Waals surface area contributed by atoms with Crippen LogP contribution in [0.5, 0.6) is 0 Å². The van der Waals surface area contributed by atoms with Crippen LogP contribution in [0.1, 0.15) is 57.8 Å². The van der Waals surface area contributed by atoms with Gasteiger partial charge in [-0.2, -0.15) is 4.31 Å². The van der Waals surface area contributed by atoms with Gasteiger partial charge >= 0.3 is 0 Å². The summed E-state index contributed by atoms with van der Waals surface area (Å²) in [5, 5.41) is 3.41. The second kappa shape index (κ2) is 6.32. The standard InChI is InChI=1S/C15H28N2O2S/c18-20(19,12-4-10-16-14-8-9-14)17-11-3-6-13-5-1-2-7-15(13)17/h13-16H,1-12H2. The third-order valence-corrected chi connectivity index (χ3v) is 7.11. The summed E-state index contributed by atoms with van der Waals surface area (Å²) in [5.74, 6) is 0.965. The summed E-state index contributed by atoms with van der Waals surface area (Å²) in [6.07, 6.45) is 10.4. The second-order valence-electron chi connectivity index (χ2n) is 6.76. The molecule has 1 heterocycles. The number of hydrogen-bond acceptors (Lipinski definition) is 3. The summed E-state index contributed by atoms with van der Waals surface area (Å²) in [6.45, 7) is 1.62. The lowest BCUT2D eigenvalue weighted by Gasteiger charge is -2.43. The Hall–Kier alpha value is -0.130. The Morgan fingerprint density at radius 3 is 2.55 bits per heavy atom. The first-order valence-corrected chi connectivity index (χ1v) is 10.0. The second-order valence-corrected chi connectivity index (χ2v) is 8.80. The van der Waals surface area contributed by atoms with Gasteiger partial charge in [0, 0.05) is 18.6 Å². The summed E-state index contributed by atoms with van der Waals surface area (Å²) >= 11 is 0. The number of fused-ring (bicyclic) bond motifs is 1. The maximum absolute atomic E-state index is 12.6. The van der Waals surface area contributed by atoms with Crippen LogP contribution in [0.2, 0.25) is 0 Å². The van der Waals surface area contributed by atoms with Crippen LogP contribution in [0.15, 0.2) is 0 Å². The van der Waals surface area contributed by atoms with E-state index >= 15 is 0 Å². The van der Waals surface area contributed by atoms with E-state index in [-0.39, 0.29) is 0 Å². The molecule has 2 atom stereocenters. The minimum atomic E-state index is -3.04. The van der Waals surface area contributed by atoms with Crippen molar-refractivity contribution in [3.05, 3.63) is 0 Å². The van der Waals surface area contributed by atoms with E-state index in [1.807, 2.05) is 4.31 Å². The van der Waals surface area contributed by atoms with Gasteiger partial charge in [0.1, 0.15) is 0 Å². The molecule has 3 aliphatic rings. The fraction of sp³-hybridized carbons (Fsp3) is 1.00. The van der Waals surface area contributed by atoms with Gasteiger partial charge in [0.15, 0.2) is 0 Å². The maximum atomic E-state index is 12.6. The molecule has 2 aliphatic carbocycles. The number of sulfonamides is 1. The molecule has 0 bridgehead atoms. The van der Waals surface area contributed by atoms with Crippen molar-refractivity contribution in [2.75, 3.05) is 18.8 Å². The zero-order valence-corrected chi connectivity index (χ0v) is 13.2. The summed E-state index contributed by atoms with van der Waals surface area (Å²) in [5.41, 5.74) is 0. The fourth-order valence-corrected chi connectivity index (χ4v) is 5.73. The minimum absolute atomic E-state index is 0.318. The molecule has 0 aromatic rings. The largest absolute Gasteiger partial charge is 0.314 e. The van der Waals surface area contributed by atoms with Crippen molar-refractivity contribution in [3.63, 3.8) is 0 Å². The van der Waals surface area contributed by atoms with E-state index in [9.17, 15) is 8.42 Å². The number of hydrogen-bond donors (Lipinski definition) is 1. The van der Waals surface area contributed by atoms with Crippen LogP contribution in [0.4, 0.5) is 0 Å². The highest BCUT2D eigenvalue weighted by Crippen LogP contribution is 2.36. The van der Waals surface area contributed by atoms with E-state index in [0.717, 1.165) is 32.4 Å². The highest BCUT2D eigenvalue weighted by Gasteiger charge is 2.38. The van der Waals surface area contributed by atoms with Crippen LogP contribution in [0, 0.1) is 5.92 Å². The average Bonchev–Trinajstić information content (AvgIpc) is 3.27. The first-order valence-electron chi connectivity index (χ1n) is 8.40. The topological polar surface area (TPSA) is 49.4 Å². The molecule has 2 unspecified atom stereocenters. The lowest BCUT2D eigenvalue weighted by molar-refractivity contribution is 0.129. The van der Waals surface area contributed by atoms with Crippen molar-refractivity contribution < 1.29 is 8.42 Å². The quantitative estimate of drug-likeness (QED) is 0.764. The van der Waals surface area contributed by atoms with Crippen molar-refractivity contribution in [3.8, 4) is 0 Å². The molecular weight excluding hydrogens is 272 g/mol. The molecule has 2 saturated carbocycles. The zero-order valence-electron chi connectivity index (χ0n) is 12.4. The normalized spacial score (nSPS) is 32.0. The van der Waals surface area contributed by atoms with Crippen LogP contribution in [-0.4, -0.2) is 43.6 Å². The molecule has 0 aromatic carbocycles. The van der Waals surface area contributed by atoms with Crippen molar-refractivity contribution in [1.29, 1.82) is 0 Å². The molecule has 1 N–H and O–H groups in total. The van der Waals surface area contributed by atoms with Gasteiger partial charge < -0.3 is 5.32 Å². The van der Waals surface area contributed by atoms with E-state index in [1.165, 1.54) is 38.5 Å². The van der Waals surface area contributed by atoms with Gasteiger partial charge in [-0.3, -0.25) is 0 Å². The predicted octanol–water partition coefficient (Wildman–Crippen LogP) is 2.11. The molecule has 0 spiro atoms. The first-order chi connectivity index (χ1) is 9.67. The Morgan fingerprint density at radius 2 is 1.75 bits per heavy atom. The molecule has 3 rings (SSSR count). The summed E-state index contributed by atoms with van der Waals surface area (Å²) in [7, 11) is -3.04. The van der Waals surface area contributed by atoms with Gasteiger partial charge in [-0.1, -0.05) is 12.8 Å². The Bertz CT molecular complexity index is 418. The Kier molecular flexibility index (Phi) is 4.68. The highest BCUT2D eigenvalue weighted by atomic mass is 32.2. The molecule has 4 nitrogen and oxygen atoms in total. The fourth-order valence-electron chi connectivity index (χ4n) is 3.89. The summed E-state index contributed by atoms with van der Waals surface area (Å²) < 4.78 is 27.1. The Labute approximate surface area is 123 Å². The Balaban J connectivity index is 1.53. The van der Waals surface area contributed by atoms with Crippen LogP contribution in [0.25, 0.3) is 0 Å². The molecule has 5 heteroatoms. The van der Waals surface area contributed by atoms with Crippen LogP contribution >= 0.6 is 0 Å². The van der Waals surface area contributed by atoms with E-state index in [2.05, 4.69) is 5.32 Å². The van der Waals surface area contributed by atoms with E-state index in [0.29, 0.717) is 23.8 Å². The van der Waals surface area contributed by atoms with Gasteiger partial charge in [0.25, 0.3) is 0 Å². The van der Waals surface area contributed by atoms with Crippen molar-refractivity contribution in [1.82, 2.24) is 9.62 Å². The molecule has 116 valence electrons. The number of nitrogens with one attached hydrogen (secondary N) is 1. The number of nitrogens with zero attached hydrogens (tertiary/aromatic N) is 1. The van der Waals surface area contributed by atoms with Gasteiger partial charge in [-0.15, -0.1) is 0 Å². The summed E-state index contributed by atoms with van der Waals surface area (Å²) in [6, 6.07) is 0.995. The van der Waals surface area contributed by atoms with E-state index < -0.39 is 10.0 Å². The summed E-state index contributed by atoms with van der Waals surface area (Å²) in [4.78, 5) is 0. The molecule has 20 heavy (non-hydrogen) atoms. The first kappa shape index (κ1) is 14.8. The molecular formula is C15H28N2O2S. The minimum Gasteiger partial charge on any atom is -0.314 e. The lowest BCUT2D eigenvalue weighted by atomic mass is 9.79. The zero-order chi connectivity index (χ0) is 14.0. The third-order valence-electron chi connectivity index (χ3n) is 5.14. The predicted molar refractivity (Wildman–Crippen MR) is 81.1 cm³/mol. The van der Waals surface area contributed by atoms with Gasteiger partial charge in [-0.25, -0.2) is 8.42 Å². The van der Waals surface area contributed by atoms with E-state index in [1.54, 1.807) is 0 Å². The van der Waals surface area contributed by atoms with Crippen molar-refractivity contribution in [2.24, 2.45) is 5.92 Å². The van der Waals surface area contributed by atoms with E-state index in [4.69, 9.17) is 0 Å². The highest BCUT2D eigenvalue weighted by molar-refractivity contribution is 7.89. The molecule has 1 aliphatic heterocycles. The SMILES string of the molecule is O=S(=O)(CCCNC1CC1)N1CCCC2CCCCC21. The number of piperidine rings is 1. The maximum Gasteiger partial charge on any atom is 0.214 e. The molecule has 1 saturated heterocycles. The van der Waals surface area contributed by atoms with Gasteiger partial charge in [0.05, 0.1) is 5.75 Å². The van der Waals surface area contributed by atoms with Crippen LogP contribution in [-0.2, 0) is 10.0 Å².